The molecule has 0 fully saturated rings. The van der Waals surface area contributed by atoms with Crippen LogP contribution in [0.5, 0.6) is 0 Å². The quantitative estimate of drug-likeness (QED) is 0.702. The molecule has 0 saturated heterocycles. The number of esters is 2. The minimum atomic E-state index is -0.893. The average Bonchev–Trinajstić information content (AvgIpc) is 2.68. The first-order valence-corrected chi connectivity index (χ1v) is 9.51. The van der Waals surface area contributed by atoms with Gasteiger partial charge in [0, 0.05) is 6.42 Å². The van der Waals surface area contributed by atoms with Gasteiger partial charge in [0.25, 0.3) is 0 Å². The zero-order valence-corrected chi connectivity index (χ0v) is 17.5. The molecule has 0 spiro atoms. The molecule has 2 aromatic carbocycles. The molecule has 0 aliphatic heterocycles. The maximum Gasteiger partial charge on any atom is 0.338 e. The molecule has 1 N–H and O–H groups in total. The first-order valence-electron chi connectivity index (χ1n) is 9.51. The van der Waals surface area contributed by atoms with E-state index in [9.17, 15) is 18.8 Å². The van der Waals surface area contributed by atoms with Crippen molar-refractivity contribution in [3.05, 3.63) is 71.0 Å². The Bertz CT molecular complexity index is 885. The molecule has 0 aliphatic rings. The maximum absolute atomic E-state index is 13.0. The monoisotopic (exact) mass is 415 g/mol. The molecule has 0 heterocycles. The number of carbonyl (C=O) groups is 3. The number of benzene rings is 2. The number of hydrogen-bond acceptors (Lipinski definition) is 5. The van der Waals surface area contributed by atoms with Crippen LogP contribution in [0.4, 0.5) is 4.39 Å². The number of hydrogen-bond donors (Lipinski definition) is 1. The minimum Gasteiger partial charge on any atom is -0.467 e. The summed E-state index contributed by atoms with van der Waals surface area (Å²) in [5.41, 5.74) is 1.16. The SMILES string of the molecule is COC(=O)[C@H](Cc1ccc(C(=O)OC(C)(C)C)cc1)NC(=O)Cc1ccc(F)cc1. The lowest BCUT2D eigenvalue weighted by Gasteiger charge is -2.20. The van der Waals surface area contributed by atoms with E-state index in [-0.39, 0.29) is 24.6 Å². The van der Waals surface area contributed by atoms with Crippen LogP contribution in [-0.2, 0) is 31.9 Å². The largest absolute Gasteiger partial charge is 0.467 e. The third kappa shape index (κ3) is 7.31. The molecule has 0 bridgehead atoms. The van der Waals surface area contributed by atoms with Crippen LogP contribution in [0.3, 0.4) is 0 Å². The molecule has 0 unspecified atom stereocenters. The lowest BCUT2D eigenvalue weighted by atomic mass is 10.0. The van der Waals surface area contributed by atoms with Gasteiger partial charge in [-0.3, -0.25) is 4.79 Å². The fourth-order valence-corrected chi connectivity index (χ4v) is 2.72. The van der Waals surface area contributed by atoms with Gasteiger partial charge in [0.05, 0.1) is 19.1 Å². The van der Waals surface area contributed by atoms with Crippen LogP contribution in [-0.4, -0.2) is 36.6 Å². The number of rotatable bonds is 7. The van der Waals surface area contributed by atoms with Gasteiger partial charge >= 0.3 is 11.9 Å². The summed E-state index contributed by atoms with van der Waals surface area (Å²) in [5.74, 6) is -1.80. The fourth-order valence-electron chi connectivity index (χ4n) is 2.72. The van der Waals surface area contributed by atoms with Crippen LogP contribution in [0.2, 0.25) is 0 Å². The second-order valence-electron chi connectivity index (χ2n) is 7.85. The van der Waals surface area contributed by atoms with Crippen LogP contribution in [0.25, 0.3) is 0 Å². The second kappa shape index (κ2) is 10.0. The molecule has 0 aromatic heterocycles. The fraction of sp³-hybridized carbons (Fsp3) is 0.348. The number of nitrogens with one attached hydrogen (secondary N) is 1. The number of amides is 1. The molecule has 0 saturated carbocycles. The molecule has 7 heteroatoms. The normalized spacial score (nSPS) is 12.0. The first kappa shape index (κ1) is 23.1. The van der Waals surface area contributed by atoms with Gasteiger partial charge in [-0.05, 0) is 56.2 Å². The van der Waals surface area contributed by atoms with E-state index >= 15 is 0 Å². The first-order chi connectivity index (χ1) is 14.1. The standard InChI is InChI=1S/C23H26FNO5/c1-23(2,3)30-21(27)17-9-5-15(6-10-17)13-19(22(28)29-4)25-20(26)14-16-7-11-18(24)12-8-16/h5-12,19H,13-14H2,1-4H3,(H,25,26)/t19-/m0/s1. The second-order valence-corrected chi connectivity index (χ2v) is 7.85. The Morgan fingerprint density at radius 3 is 2.07 bits per heavy atom. The zero-order chi connectivity index (χ0) is 22.3. The van der Waals surface area contributed by atoms with Gasteiger partial charge in [0.15, 0.2) is 0 Å². The highest BCUT2D eigenvalue weighted by atomic mass is 19.1. The molecular weight excluding hydrogens is 389 g/mol. The van der Waals surface area contributed by atoms with Gasteiger partial charge in [-0.25, -0.2) is 14.0 Å². The van der Waals surface area contributed by atoms with Crippen molar-refractivity contribution in [2.45, 2.75) is 45.3 Å². The molecular formula is C23H26FNO5. The molecule has 160 valence electrons. The van der Waals surface area contributed by atoms with Crippen LogP contribution in [0.15, 0.2) is 48.5 Å². The summed E-state index contributed by atoms with van der Waals surface area (Å²) in [5, 5.41) is 2.65. The van der Waals surface area contributed by atoms with Crippen molar-refractivity contribution in [2.24, 2.45) is 0 Å². The number of methoxy groups -OCH3 is 1. The van der Waals surface area contributed by atoms with Crippen molar-refractivity contribution in [3.63, 3.8) is 0 Å². The smallest absolute Gasteiger partial charge is 0.338 e. The molecule has 0 radical (unpaired) electrons. The summed E-state index contributed by atoms with van der Waals surface area (Å²) in [6, 6.07) is 11.3. The molecule has 2 rings (SSSR count). The molecule has 1 atom stereocenters. The molecule has 1 amide bonds. The van der Waals surface area contributed by atoms with E-state index in [0.717, 1.165) is 5.56 Å². The Balaban J connectivity index is 2.03. The highest BCUT2D eigenvalue weighted by Gasteiger charge is 2.23. The Hall–Kier alpha value is -3.22. The van der Waals surface area contributed by atoms with E-state index < -0.39 is 23.6 Å². The lowest BCUT2D eigenvalue weighted by molar-refractivity contribution is -0.145. The third-order valence-electron chi connectivity index (χ3n) is 4.13. The number of ether oxygens (including phenoxy) is 2. The maximum atomic E-state index is 13.0. The van der Waals surface area contributed by atoms with Gasteiger partial charge in [-0.1, -0.05) is 24.3 Å². The Kier molecular flexibility index (Phi) is 7.69. The molecule has 30 heavy (non-hydrogen) atoms. The third-order valence-corrected chi connectivity index (χ3v) is 4.13. The van der Waals surface area contributed by atoms with Gasteiger partial charge in [-0.15, -0.1) is 0 Å². The Labute approximate surface area is 175 Å². The van der Waals surface area contributed by atoms with Crippen molar-refractivity contribution < 1.29 is 28.2 Å². The van der Waals surface area contributed by atoms with E-state index in [1.165, 1.54) is 31.4 Å². The van der Waals surface area contributed by atoms with Crippen LogP contribution in [0, 0.1) is 5.82 Å². The predicted octanol–water partition coefficient (Wildman–Crippen LogP) is 3.22. The van der Waals surface area contributed by atoms with E-state index in [2.05, 4.69) is 5.32 Å². The number of carbonyl (C=O) groups excluding carboxylic acids is 3. The highest BCUT2D eigenvalue weighted by molar-refractivity contribution is 5.89. The van der Waals surface area contributed by atoms with Crippen molar-refractivity contribution in [3.8, 4) is 0 Å². The Morgan fingerprint density at radius 1 is 0.967 bits per heavy atom. The van der Waals surface area contributed by atoms with Gasteiger partial charge < -0.3 is 14.8 Å². The van der Waals surface area contributed by atoms with Gasteiger partial charge in [0.1, 0.15) is 17.5 Å². The highest BCUT2D eigenvalue weighted by Crippen LogP contribution is 2.14. The van der Waals surface area contributed by atoms with Crippen LogP contribution in [0.1, 0.15) is 42.3 Å². The summed E-state index contributed by atoms with van der Waals surface area (Å²) < 4.78 is 23.1. The average molecular weight is 415 g/mol. The van der Waals surface area contributed by atoms with Crippen molar-refractivity contribution in [1.29, 1.82) is 0 Å². The van der Waals surface area contributed by atoms with E-state index in [1.807, 2.05) is 0 Å². The van der Waals surface area contributed by atoms with E-state index in [1.54, 1.807) is 45.0 Å². The topological polar surface area (TPSA) is 81.7 Å². The van der Waals surface area contributed by atoms with E-state index in [4.69, 9.17) is 9.47 Å². The Morgan fingerprint density at radius 2 is 1.53 bits per heavy atom. The van der Waals surface area contributed by atoms with Crippen molar-refractivity contribution in [2.75, 3.05) is 7.11 Å². The van der Waals surface area contributed by atoms with Crippen molar-refractivity contribution >= 4 is 17.8 Å². The molecule has 2 aromatic rings. The summed E-state index contributed by atoms with van der Waals surface area (Å²) >= 11 is 0. The van der Waals surface area contributed by atoms with Crippen LogP contribution >= 0.6 is 0 Å². The van der Waals surface area contributed by atoms with Crippen LogP contribution < -0.4 is 5.32 Å². The van der Waals surface area contributed by atoms with Crippen molar-refractivity contribution in [1.82, 2.24) is 5.32 Å². The number of halogens is 1. The van der Waals surface area contributed by atoms with E-state index in [0.29, 0.717) is 11.1 Å². The lowest BCUT2D eigenvalue weighted by Crippen LogP contribution is -2.43. The van der Waals surface area contributed by atoms with Gasteiger partial charge in [0.2, 0.25) is 5.91 Å². The summed E-state index contributed by atoms with van der Waals surface area (Å²) in [4.78, 5) is 36.6. The minimum absolute atomic E-state index is 0.00531. The van der Waals surface area contributed by atoms with Gasteiger partial charge in [-0.2, -0.15) is 0 Å². The molecule has 0 aliphatic carbocycles. The zero-order valence-electron chi connectivity index (χ0n) is 17.5. The molecule has 6 nitrogen and oxygen atoms in total. The summed E-state index contributed by atoms with van der Waals surface area (Å²) in [6.45, 7) is 5.36. The summed E-state index contributed by atoms with van der Waals surface area (Å²) in [6.07, 6.45) is 0.196. The summed E-state index contributed by atoms with van der Waals surface area (Å²) in [7, 11) is 1.24. The predicted molar refractivity (Wildman–Crippen MR) is 109 cm³/mol.